The van der Waals surface area contributed by atoms with Crippen molar-refractivity contribution in [1.82, 2.24) is 14.9 Å². The van der Waals surface area contributed by atoms with E-state index in [2.05, 4.69) is 9.97 Å². The molecule has 2 heterocycles. The number of piperazine rings is 1. The molecule has 0 radical (unpaired) electrons. The summed E-state index contributed by atoms with van der Waals surface area (Å²) < 4.78 is 25.5. The van der Waals surface area contributed by atoms with E-state index in [0.29, 0.717) is 37.4 Å². The molecule has 4 rings (SSSR count). The maximum atomic E-state index is 15.2. The number of amides is 1. The van der Waals surface area contributed by atoms with Crippen LogP contribution in [-0.2, 0) is 11.2 Å². The third-order valence-corrected chi connectivity index (χ3v) is 6.31. The molecule has 2 atom stereocenters. The maximum Gasteiger partial charge on any atom is 0.228 e. The minimum absolute atomic E-state index is 0.0155. The SMILES string of the molecule is COc1cc2c(N)nc(N3CCN(C(=O)CC(N)Cc4ccccc4)CC3C)nc2c(F)c1OC. The molecule has 0 bridgehead atoms. The lowest BCUT2D eigenvalue weighted by molar-refractivity contribution is -0.132. The highest BCUT2D eigenvalue weighted by molar-refractivity contribution is 5.92. The normalized spacial score (nSPS) is 16.9. The second-order valence-electron chi connectivity index (χ2n) is 8.77. The molecule has 1 amide bonds. The molecule has 10 heteroatoms. The summed E-state index contributed by atoms with van der Waals surface area (Å²) in [5.74, 6) is -0.0253. The minimum atomic E-state index is -0.661. The Morgan fingerprint density at radius 3 is 2.60 bits per heavy atom. The van der Waals surface area contributed by atoms with Gasteiger partial charge in [-0.3, -0.25) is 4.79 Å². The standard InChI is InChI=1S/C25H31FN6O3/c1-15-14-31(20(33)12-17(27)11-16-7-5-4-6-8-16)9-10-32(15)25-29-22-18(24(28)30-25)13-19(34-2)23(35-3)21(22)26/h4-8,13,15,17H,9-12,14,27H2,1-3H3,(H2,28,29,30). The summed E-state index contributed by atoms with van der Waals surface area (Å²) in [7, 11) is 2.79. The maximum absolute atomic E-state index is 15.2. The van der Waals surface area contributed by atoms with Crippen LogP contribution in [0.15, 0.2) is 36.4 Å². The molecule has 2 unspecified atom stereocenters. The number of nitrogens with zero attached hydrogens (tertiary/aromatic N) is 4. The quantitative estimate of drug-likeness (QED) is 0.527. The van der Waals surface area contributed by atoms with E-state index in [0.717, 1.165) is 5.56 Å². The van der Waals surface area contributed by atoms with E-state index in [1.54, 1.807) is 6.07 Å². The van der Waals surface area contributed by atoms with Gasteiger partial charge >= 0.3 is 0 Å². The average molecular weight is 483 g/mol. The number of hydrogen-bond acceptors (Lipinski definition) is 8. The van der Waals surface area contributed by atoms with E-state index in [1.807, 2.05) is 47.1 Å². The van der Waals surface area contributed by atoms with Gasteiger partial charge in [-0.1, -0.05) is 30.3 Å². The van der Waals surface area contributed by atoms with Gasteiger partial charge in [-0.15, -0.1) is 0 Å². The van der Waals surface area contributed by atoms with Gasteiger partial charge in [0.15, 0.2) is 17.3 Å². The van der Waals surface area contributed by atoms with E-state index >= 15 is 4.39 Å². The summed E-state index contributed by atoms with van der Waals surface area (Å²) in [4.78, 5) is 25.5. The Hall–Kier alpha value is -3.66. The molecular weight excluding hydrogens is 451 g/mol. The van der Waals surface area contributed by atoms with Gasteiger partial charge in [-0.2, -0.15) is 4.98 Å². The lowest BCUT2D eigenvalue weighted by Gasteiger charge is -2.40. The van der Waals surface area contributed by atoms with Crippen LogP contribution in [-0.4, -0.2) is 66.7 Å². The van der Waals surface area contributed by atoms with Gasteiger partial charge in [-0.05, 0) is 25.0 Å². The zero-order valence-corrected chi connectivity index (χ0v) is 20.2. The van der Waals surface area contributed by atoms with Crippen LogP contribution in [0.4, 0.5) is 16.2 Å². The second kappa shape index (κ2) is 10.3. The summed E-state index contributed by atoms with van der Waals surface area (Å²) in [6, 6.07) is 11.1. The van der Waals surface area contributed by atoms with Crippen LogP contribution in [0.3, 0.4) is 0 Å². The Labute approximate surface area is 203 Å². The Balaban J connectivity index is 1.47. The molecular formula is C25H31FN6O3. The van der Waals surface area contributed by atoms with Crippen LogP contribution in [0.2, 0.25) is 0 Å². The number of halogens is 1. The van der Waals surface area contributed by atoms with Gasteiger partial charge in [0.1, 0.15) is 11.3 Å². The summed E-state index contributed by atoms with van der Waals surface area (Å²) in [5, 5.41) is 0.345. The molecule has 1 aliphatic rings. The molecule has 35 heavy (non-hydrogen) atoms. The van der Waals surface area contributed by atoms with Gasteiger partial charge in [-0.25, -0.2) is 9.37 Å². The number of carbonyl (C=O) groups excluding carboxylic acids is 1. The highest BCUT2D eigenvalue weighted by atomic mass is 19.1. The molecule has 1 aromatic heterocycles. The summed E-state index contributed by atoms with van der Waals surface area (Å²) in [5.41, 5.74) is 13.6. The van der Waals surface area contributed by atoms with Crippen molar-refractivity contribution >= 4 is 28.6 Å². The van der Waals surface area contributed by atoms with Gasteiger partial charge in [0.25, 0.3) is 0 Å². The molecule has 0 aliphatic carbocycles. The van der Waals surface area contributed by atoms with Gasteiger partial charge in [0.05, 0.1) is 14.2 Å². The number of anilines is 2. The lowest BCUT2D eigenvalue weighted by atomic mass is 10.0. The second-order valence-corrected chi connectivity index (χ2v) is 8.77. The molecule has 186 valence electrons. The zero-order valence-electron chi connectivity index (χ0n) is 20.2. The topological polar surface area (TPSA) is 120 Å². The Bertz CT molecular complexity index is 1210. The molecule has 2 aromatic carbocycles. The van der Waals surface area contributed by atoms with E-state index in [1.165, 1.54) is 14.2 Å². The van der Waals surface area contributed by atoms with Crippen molar-refractivity contribution in [3.63, 3.8) is 0 Å². The molecule has 1 fully saturated rings. The van der Waals surface area contributed by atoms with E-state index in [9.17, 15) is 4.79 Å². The number of rotatable bonds is 7. The largest absolute Gasteiger partial charge is 0.493 e. The minimum Gasteiger partial charge on any atom is -0.493 e. The summed E-state index contributed by atoms with van der Waals surface area (Å²) >= 11 is 0. The van der Waals surface area contributed by atoms with Crippen LogP contribution >= 0.6 is 0 Å². The molecule has 0 saturated carbocycles. The van der Waals surface area contributed by atoms with Crippen LogP contribution in [0.5, 0.6) is 11.5 Å². The molecule has 3 aromatic rings. The number of methoxy groups -OCH3 is 2. The Kier molecular flexibility index (Phi) is 7.20. The summed E-state index contributed by atoms with van der Waals surface area (Å²) in [6.07, 6.45) is 0.917. The number of ether oxygens (including phenoxy) is 2. The first-order valence-electron chi connectivity index (χ1n) is 11.5. The van der Waals surface area contributed by atoms with E-state index < -0.39 is 5.82 Å². The predicted octanol–water partition coefficient (Wildman–Crippen LogP) is 2.37. The van der Waals surface area contributed by atoms with Crippen LogP contribution < -0.4 is 25.8 Å². The molecule has 1 aliphatic heterocycles. The fourth-order valence-electron chi connectivity index (χ4n) is 4.49. The number of nitrogens with two attached hydrogens (primary N) is 2. The van der Waals surface area contributed by atoms with Crippen molar-refractivity contribution in [2.45, 2.75) is 31.8 Å². The number of hydrogen-bond donors (Lipinski definition) is 2. The first kappa shape index (κ1) is 24.5. The van der Waals surface area contributed by atoms with Crippen LogP contribution in [0, 0.1) is 5.82 Å². The monoisotopic (exact) mass is 482 g/mol. The van der Waals surface area contributed by atoms with E-state index in [4.69, 9.17) is 20.9 Å². The number of nitrogen functional groups attached to an aromatic ring is 1. The molecule has 9 nitrogen and oxygen atoms in total. The van der Waals surface area contributed by atoms with Gasteiger partial charge < -0.3 is 30.7 Å². The fourth-order valence-corrected chi connectivity index (χ4v) is 4.49. The van der Waals surface area contributed by atoms with Crippen LogP contribution in [0.1, 0.15) is 18.9 Å². The fraction of sp³-hybridized carbons (Fsp3) is 0.400. The molecule has 1 saturated heterocycles. The molecule has 4 N–H and O–H groups in total. The average Bonchev–Trinajstić information content (AvgIpc) is 2.84. The Morgan fingerprint density at radius 1 is 1.20 bits per heavy atom. The van der Waals surface area contributed by atoms with E-state index in [-0.39, 0.29) is 47.2 Å². The Morgan fingerprint density at radius 2 is 1.94 bits per heavy atom. The van der Waals surface area contributed by atoms with Crippen molar-refractivity contribution in [3.05, 3.63) is 47.8 Å². The van der Waals surface area contributed by atoms with Gasteiger partial charge in [0, 0.05) is 43.5 Å². The van der Waals surface area contributed by atoms with Crippen molar-refractivity contribution in [3.8, 4) is 11.5 Å². The first-order chi connectivity index (χ1) is 16.8. The number of carbonyl (C=O) groups is 1. The number of aromatic nitrogens is 2. The third-order valence-electron chi connectivity index (χ3n) is 6.31. The molecule has 0 spiro atoms. The van der Waals surface area contributed by atoms with Crippen LogP contribution in [0.25, 0.3) is 10.9 Å². The highest BCUT2D eigenvalue weighted by Crippen LogP contribution is 2.37. The lowest BCUT2D eigenvalue weighted by Crippen LogP contribution is -2.55. The van der Waals surface area contributed by atoms with Crippen molar-refractivity contribution in [2.24, 2.45) is 5.73 Å². The first-order valence-corrected chi connectivity index (χ1v) is 11.5. The third kappa shape index (κ3) is 5.07. The van der Waals surface area contributed by atoms with Crippen molar-refractivity contribution < 1.29 is 18.7 Å². The zero-order chi connectivity index (χ0) is 25.1. The van der Waals surface area contributed by atoms with Gasteiger partial charge in [0.2, 0.25) is 11.9 Å². The number of fused-ring (bicyclic) bond motifs is 1. The summed E-state index contributed by atoms with van der Waals surface area (Å²) in [6.45, 7) is 3.42. The van der Waals surface area contributed by atoms with Crippen molar-refractivity contribution in [2.75, 3.05) is 44.5 Å². The highest BCUT2D eigenvalue weighted by Gasteiger charge is 2.30. The number of benzene rings is 2. The van der Waals surface area contributed by atoms with Crippen molar-refractivity contribution in [1.29, 1.82) is 0 Å². The smallest absolute Gasteiger partial charge is 0.228 e. The predicted molar refractivity (Wildman–Crippen MR) is 133 cm³/mol.